The van der Waals surface area contributed by atoms with Gasteiger partial charge in [0.1, 0.15) is 6.61 Å². The van der Waals surface area contributed by atoms with Crippen molar-refractivity contribution in [2.45, 2.75) is 32.2 Å². The summed E-state index contributed by atoms with van der Waals surface area (Å²) in [5.41, 5.74) is 0. The Kier molecular flexibility index (Phi) is 4.55. The van der Waals surface area contributed by atoms with Crippen LogP contribution in [0.3, 0.4) is 0 Å². The smallest absolute Gasteiger partial charge is 0.306 e. The van der Waals surface area contributed by atoms with Crippen molar-refractivity contribution in [1.29, 1.82) is 0 Å². The molecule has 0 bridgehead atoms. The van der Waals surface area contributed by atoms with Gasteiger partial charge in [0, 0.05) is 12.6 Å². The first kappa shape index (κ1) is 12.0. The lowest BCUT2D eigenvalue weighted by Crippen LogP contribution is -2.35. The standard InChI is InChI=1S/C10H17NO4/c1-2-15-6-9(12)11-8-4-3-7(5-8)10(13)14/h7-8H,2-6H2,1H3,(H,11,12)(H,13,14)/t7-,8+/m0/s1. The second-order valence-electron chi connectivity index (χ2n) is 3.75. The van der Waals surface area contributed by atoms with Crippen molar-refractivity contribution in [3.63, 3.8) is 0 Å². The third-order valence-corrected chi connectivity index (χ3v) is 2.58. The average Bonchev–Trinajstić information content (AvgIpc) is 2.63. The average molecular weight is 215 g/mol. The van der Waals surface area contributed by atoms with Crippen molar-refractivity contribution < 1.29 is 19.4 Å². The predicted octanol–water partition coefficient (Wildman–Crippen LogP) is 0.392. The number of hydrogen-bond acceptors (Lipinski definition) is 3. The van der Waals surface area contributed by atoms with E-state index in [1.807, 2.05) is 6.92 Å². The van der Waals surface area contributed by atoms with Crippen molar-refractivity contribution in [2.24, 2.45) is 5.92 Å². The third kappa shape index (κ3) is 3.87. The number of rotatable bonds is 5. The molecule has 1 aliphatic carbocycles. The number of ether oxygens (including phenoxy) is 1. The highest BCUT2D eigenvalue weighted by atomic mass is 16.5. The molecule has 0 aliphatic heterocycles. The van der Waals surface area contributed by atoms with E-state index in [1.54, 1.807) is 0 Å². The minimum atomic E-state index is -0.767. The van der Waals surface area contributed by atoms with Crippen LogP contribution >= 0.6 is 0 Å². The van der Waals surface area contributed by atoms with Crippen LogP contribution in [0.15, 0.2) is 0 Å². The molecule has 1 rings (SSSR count). The maximum Gasteiger partial charge on any atom is 0.306 e. The van der Waals surface area contributed by atoms with Gasteiger partial charge >= 0.3 is 5.97 Å². The molecular formula is C10H17NO4. The Balaban J connectivity index is 2.23. The topological polar surface area (TPSA) is 75.6 Å². The highest BCUT2D eigenvalue weighted by Gasteiger charge is 2.30. The summed E-state index contributed by atoms with van der Waals surface area (Å²) >= 11 is 0. The van der Waals surface area contributed by atoms with Crippen molar-refractivity contribution in [3.8, 4) is 0 Å². The van der Waals surface area contributed by atoms with Crippen LogP contribution in [0.5, 0.6) is 0 Å². The number of hydrogen-bond donors (Lipinski definition) is 2. The fraction of sp³-hybridized carbons (Fsp3) is 0.800. The summed E-state index contributed by atoms with van der Waals surface area (Å²) in [6.07, 6.45) is 1.93. The van der Waals surface area contributed by atoms with E-state index in [-0.39, 0.29) is 24.5 Å². The number of carboxylic acids is 1. The molecule has 1 fully saturated rings. The summed E-state index contributed by atoms with van der Waals surface area (Å²) in [4.78, 5) is 21.9. The Morgan fingerprint density at radius 1 is 1.47 bits per heavy atom. The molecule has 5 nitrogen and oxygen atoms in total. The number of carboxylic acid groups (broad SMARTS) is 1. The van der Waals surface area contributed by atoms with Gasteiger partial charge in [0.15, 0.2) is 0 Å². The van der Waals surface area contributed by atoms with E-state index in [9.17, 15) is 9.59 Å². The minimum absolute atomic E-state index is 0.000874. The van der Waals surface area contributed by atoms with Gasteiger partial charge in [-0.25, -0.2) is 0 Å². The van der Waals surface area contributed by atoms with Gasteiger partial charge in [-0.2, -0.15) is 0 Å². The summed E-state index contributed by atoms with van der Waals surface area (Å²) < 4.78 is 4.95. The van der Waals surface area contributed by atoms with Crippen molar-refractivity contribution >= 4 is 11.9 Å². The molecule has 1 aliphatic rings. The quantitative estimate of drug-likeness (QED) is 0.695. The molecule has 86 valence electrons. The molecule has 0 saturated heterocycles. The molecule has 1 amide bonds. The Morgan fingerprint density at radius 3 is 2.73 bits per heavy atom. The lowest BCUT2D eigenvalue weighted by Gasteiger charge is -2.11. The van der Waals surface area contributed by atoms with Gasteiger partial charge in [-0.1, -0.05) is 0 Å². The lowest BCUT2D eigenvalue weighted by molar-refractivity contribution is -0.141. The molecule has 0 unspecified atom stereocenters. The number of amides is 1. The molecule has 5 heteroatoms. The van der Waals surface area contributed by atoms with Gasteiger partial charge in [-0.05, 0) is 26.2 Å². The van der Waals surface area contributed by atoms with Crippen LogP contribution < -0.4 is 5.32 Å². The van der Waals surface area contributed by atoms with Crippen LogP contribution in [-0.2, 0) is 14.3 Å². The number of nitrogens with one attached hydrogen (secondary N) is 1. The van der Waals surface area contributed by atoms with E-state index < -0.39 is 5.97 Å². The molecular weight excluding hydrogens is 198 g/mol. The highest BCUT2D eigenvalue weighted by Crippen LogP contribution is 2.25. The van der Waals surface area contributed by atoms with Crippen molar-refractivity contribution in [3.05, 3.63) is 0 Å². The Labute approximate surface area is 88.8 Å². The molecule has 0 aromatic heterocycles. The Morgan fingerprint density at radius 2 is 2.20 bits per heavy atom. The minimum Gasteiger partial charge on any atom is -0.481 e. The Hall–Kier alpha value is -1.10. The first-order valence-corrected chi connectivity index (χ1v) is 5.23. The van der Waals surface area contributed by atoms with E-state index in [1.165, 1.54) is 0 Å². The second-order valence-corrected chi connectivity index (χ2v) is 3.75. The Bertz CT molecular complexity index is 242. The summed E-state index contributed by atoms with van der Waals surface area (Å²) in [5, 5.41) is 11.5. The second kappa shape index (κ2) is 5.70. The van der Waals surface area contributed by atoms with Gasteiger partial charge in [-0.15, -0.1) is 0 Å². The number of aliphatic carboxylic acids is 1. The molecule has 0 radical (unpaired) electrons. The zero-order chi connectivity index (χ0) is 11.3. The summed E-state index contributed by atoms with van der Waals surface area (Å²) in [6.45, 7) is 2.39. The van der Waals surface area contributed by atoms with Crippen LogP contribution in [0.2, 0.25) is 0 Å². The number of carbonyl (C=O) groups is 2. The van der Waals surface area contributed by atoms with Gasteiger partial charge in [0.05, 0.1) is 5.92 Å². The fourth-order valence-electron chi connectivity index (χ4n) is 1.80. The van der Waals surface area contributed by atoms with Crippen LogP contribution in [0.25, 0.3) is 0 Å². The highest BCUT2D eigenvalue weighted by molar-refractivity contribution is 5.78. The van der Waals surface area contributed by atoms with Gasteiger partial charge in [0.25, 0.3) is 0 Å². The molecule has 0 heterocycles. The maximum atomic E-state index is 11.3. The third-order valence-electron chi connectivity index (χ3n) is 2.58. The summed E-state index contributed by atoms with van der Waals surface area (Å²) in [6, 6.07) is -0.000874. The first-order valence-electron chi connectivity index (χ1n) is 5.23. The normalized spacial score (nSPS) is 25.1. The first-order chi connectivity index (χ1) is 7.13. The van der Waals surface area contributed by atoms with E-state index in [4.69, 9.17) is 9.84 Å². The molecule has 2 atom stereocenters. The van der Waals surface area contributed by atoms with Crippen LogP contribution in [-0.4, -0.2) is 36.2 Å². The van der Waals surface area contributed by atoms with E-state index in [2.05, 4.69) is 5.32 Å². The molecule has 1 saturated carbocycles. The monoisotopic (exact) mass is 215 g/mol. The van der Waals surface area contributed by atoms with E-state index >= 15 is 0 Å². The summed E-state index contributed by atoms with van der Waals surface area (Å²) in [5.74, 6) is -1.23. The zero-order valence-corrected chi connectivity index (χ0v) is 8.86. The van der Waals surface area contributed by atoms with Crippen molar-refractivity contribution in [2.75, 3.05) is 13.2 Å². The number of carbonyl (C=O) groups excluding carboxylic acids is 1. The van der Waals surface area contributed by atoms with Crippen LogP contribution in [0.4, 0.5) is 0 Å². The van der Waals surface area contributed by atoms with Crippen molar-refractivity contribution in [1.82, 2.24) is 5.32 Å². The molecule has 0 aromatic carbocycles. The fourth-order valence-corrected chi connectivity index (χ4v) is 1.80. The largest absolute Gasteiger partial charge is 0.481 e. The SMILES string of the molecule is CCOCC(=O)N[C@@H]1CC[C@H](C(=O)O)C1. The van der Waals surface area contributed by atoms with Crippen LogP contribution in [0, 0.1) is 5.92 Å². The predicted molar refractivity (Wildman–Crippen MR) is 53.4 cm³/mol. The molecule has 2 N–H and O–H groups in total. The van der Waals surface area contributed by atoms with Crippen LogP contribution in [0.1, 0.15) is 26.2 Å². The van der Waals surface area contributed by atoms with Gasteiger partial charge in [-0.3, -0.25) is 9.59 Å². The molecule has 0 aromatic rings. The van der Waals surface area contributed by atoms with Gasteiger partial charge < -0.3 is 15.2 Å². The zero-order valence-electron chi connectivity index (χ0n) is 8.86. The van der Waals surface area contributed by atoms with Gasteiger partial charge in [0.2, 0.25) is 5.91 Å². The van der Waals surface area contributed by atoms with E-state index in [0.717, 1.165) is 6.42 Å². The molecule has 0 spiro atoms. The molecule has 15 heavy (non-hydrogen) atoms. The summed E-state index contributed by atoms with van der Waals surface area (Å²) in [7, 11) is 0. The lowest BCUT2D eigenvalue weighted by atomic mass is 10.1. The van der Waals surface area contributed by atoms with E-state index in [0.29, 0.717) is 19.4 Å². The maximum absolute atomic E-state index is 11.3.